The second-order valence-corrected chi connectivity index (χ2v) is 4.58. The van der Waals surface area contributed by atoms with Crippen LogP contribution in [0.2, 0.25) is 0 Å². The van der Waals surface area contributed by atoms with Crippen LogP contribution in [0.25, 0.3) is 0 Å². The first-order chi connectivity index (χ1) is 10.7. The highest BCUT2D eigenvalue weighted by atomic mass is 32.1. The fourth-order valence-electron chi connectivity index (χ4n) is 1.16. The maximum absolute atomic E-state index is 11.5. The van der Waals surface area contributed by atoms with Crippen molar-refractivity contribution in [3.05, 3.63) is 0 Å². The molecule has 132 valence electrons. The van der Waals surface area contributed by atoms with E-state index in [4.69, 9.17) is 20.5 Å². The summed E-state index contributed by atoms with van der Waals surface area (Å²) >= 11 is 3.87. The van der Waals surface area contributed by atoms with Crippen LogP contribution in [-0.2, 0) is 23.7 Å². The number of aliphatic carboxylic acids is 2. The second kappa shape index (κ2) is 13.9. The zero-order chi connectivity index (χ0) is 18.4. The van der Waals surface area contributed by atoms with Gasteiger partial charge in [0.15, 0.2) is 0 Å². The fourth-order valence-corrected chi connectivity index (χ4v) is 1.41. The van der Waals surface area contributed by atoms with E-state index in [2.05, 4.69) is 28.8 Å². The lowest BCUT2D eigenvalue weighted by atomic mass is 10.1. The van der Waals surface area contributed by atoms with E-state index in [1.807, 2.05) is 0 Å². The number of carbonyl (C=O) groups is 4. The Balaban J connectivity index is 0. The van der Waals surface area contributed by atoms with Crippen LogP contribution in [0.5, 0.6) is 0 Å². The average molecular weight is 370 g/mol. The van der Waals surface area contributed by atoms with Gasteiger partial charge in [0.1, 0.15) is 18.6 Å². The number of nitrogens with two attached hydrogens (primary N) is 2. The van der Waals surface area contributed by atoms with Crippen molar-refractivity contribution in [2.75, 3.05) is 12.3 Å². The lowest BCUT2D eigenvalue weighted by Crippen LogP contribution is -2.49. The largest absolute Gasteiger partial charge is 0.480 e. The highest BCUT2D eigenvalue weighted by molar-refractivity contribution is 7.80. The van der Waals surface area contributed by atoms with Crippen molar-refractivity contribution in [2.24, 2.45) is 11.2 Å². The minimum absolute atomic E-state index is 0.0256. The summed E-state index contributed by atoms with van der Waals surface area (Å²) in [4.78, 5) is 43.7. The summed E-state index contributed by atoms with van der Waals surface area (Å²) in [5.74, 6) is -3.70. The molecule has 0 aliphatic carbocycles. The number of carboxylic acids is 2. The minimum atomic E-state index is -1.22. The maximum Gasteiger partial charge on any atom is 0.322 e. The van der Waals surface area contributed by atoms with Crippen LogP contribution in [0, 0.1) is 0 Å². The molecule has 11 nitrogen and oxygen atoms in total. The van der Waals surface area contributed by atoms with E-state index in [1.54, 1.807) is 0 Å². The van der Waals surface area contributed by atoms with Crippen molar-refractivity contribution in [1.29, 1.82) is 0 Å². The van der Waals surface area contributed by atoms with E-state index in [0.29, 0.717) is 0 Å². The standard InChI is InChI=1S/C10H17N3O6S.H2NOP/c11-5(10(18)19)1-2-7(14)13-6(4-20)9(17)12-3-8(15)16;1-3-2/h5-6,20H,1-4,11H2,(H,12,17)(H,13,14)(H,15,16)(H,18,19);(H2,1,2)/t5-,6-;/m0./s1. The van der Waals surface area contributed by atoms with Gasteiger partial charge in [0.05, 0.1) is 0 Å². The van der Waals surface area contributed by atoms with Gasteiger partial charge in [-0.3, -0.25) is 29.2 Å². The van der Waals surface area contributed by atoms with Gasteiger partial charge in [0.25, 0.3) is 0 Å². The first-order valence-corrected chi connectivity index (χ1v) is 7.61. The Bertz CT molecular complexity index is 437. The second-order valence-electron chi connectivity index (χ2n) is 4.00. The Morgan fingerprint density at radius 1 is 1.22 bits per heavy atom. The van der Waals surface area contributed by atoms with Crippen LogP contribution in [0.3, 0.4) is 0 Å². The maximum atomic E-state index is 11.5. The lowest BCUT2D eigenvalue weighted by Gasteiger charge is -2.16. The van der Waals surface area contributed by atoms with Crippen molar-refractivity contribution >= 4 is 45.0 Å². The molecule has 2 amide bonds. The van der Waals surface area contributed by atoms with Crippen molar-refractivity contribution in [2.45, 2.75) is 24.9 Å². The number of hydrogen-bond acceptors (Lipinski definition) is 7. The third kappa shape index (κ3) is 13.6. The minimum Gasteiger partial charge on any atom is -0.480 e. The Labute approximate surface area is 138 Å². The van der Waals surface area contributed by atoms with Gasteiger partial charge in [0, 0.05) is 12.2 Å². The Morgan fingerprint density at radius 3 is 2.13 bits per heavy atom. The summed E-state index contributed by atoms with van der Waals surface area (Å²) in [5.41, 5.74) is 9.49. The Kier molecular flexibility index (Phi) is 14.2. The van der Waals surface area contributed by atoms with E-state index in [1.165, 1.54) is 0 Å². The van der Waals surface area contributed by atoms with E-state index in [9.17, 15) is 19.2 Å². The number of hydrogen-bond donors (Lipinski definition) is 7. The molecule has 0 aromatic rings. The van der Waals surface area contributed by atoms with Crippen LogP contribution in [0.4, 0.5) is 0 Å². The molecule has 0 unspecified atom stereocenters. The average Bonchev–Trinajstić information content (AvgIpc) is 2.48. The van der Waals surface area contributed by atoms with Crippen LogP contribution in [0.1, 0.15) is 12.8 Å². The van der Waals surface area contributed by atoms with E-state index < -0.39 is 42.4 Å². The van der Waals surface area contributed by atoms with Crippen molar-refractivity contribution in [3.63, 3.8) is 0 Å². The number of amides is 2. The molecule has 0 spiro atoms. The Hall–Kier alpha value is -1.75. The smallest absolute Gasteiger partial charge is 0.322 e. The zero-order valence-corrected chi connectivity index (χ0v) is 13.8. The topological polar surface area (TPSA) is 202 Å². The first kappa shape index (κ1) is 23.5. The van der Waals surface area contributed by atoms with Gasteiger partial charge in [-0.2, -0.15) is 12.6 Å². The summed E-state index contributed by atoms with van der Waals surface area (Å²) < 4.78 is 8.68. The number of carboxylic acid groups (broad SMARTS) is 2. The molecule has 0 aliphatic heterocycles. The van der Waals surface area contributed by atoms with Crippen molar-refractivity contribution in [3.8, 4) is 0 Å². The molecule has 23 heavy (non-hydrogen) atoms. The van der Waals surface area contributed by atoms with Gasteiger partial charge in [-0.05, 0) is 6.42 Å². The molecular weight excluding hydrogens is 351 g/mol. The number of rotatable bonds is 9. The number of nitrogens with one attached hydrogen (secondary N) is 2. The molecule has 0 saturated heterocycles. The fraction of sp³-hybridized carbons (Fsp3) is 0.600. The molecule has 0 bridgehead atoms. The summed E-state index contributed by atoms with van der Waals surface area (Å²) in [6.45, 7) is -0.567. The predicted molar refractivity (Wildman–Crippen MR) is 83.1 cm³/mol. The van der Waals surface area contributed by atoms with Crippen LogP contribution in [0.15, 0.2) is 0 Å². The normalized spacial score (nSPS) is 12.3. The van der Waals surface area contributed by atoms with Gasteiger partial charge >= 0.3 is 11.9 Å². The first-order valence-electron chi connectivity index (χ1n) is 6.10. The number of thiol groups is 1. The molecule has 8 N–H and O–H groups in total. The SMILES string of the molecule is NP=O.N[C@@H](CCC(=O)N[C@@H](CS)C(=O)NCC(=O)O)C(=O)O. The molecule has 0 saturated carbocycles. The Morgan fingerprint density at radius 2 is 1.74 bits per heavy atom. The molecule has 2 atom stereocenters. The molecule has 0 fully saturated rings. The highest BCUT2D eigenvalue weighted by Gasteiger charge is 2.20. The summed E-state index contributed by atoms with van der Waals surface area (Å²) in [5, 5.41) is 21.4. The van der Waals surface area contributed by atoms with Gasteiger partial charge in [-0.1, -0.05) is 0 Å². The van der Waals surface area contributed by atoms with E-state index in [0.717, 1.165) is 0 Å². The summed E-state index contributed by atoms with van der Waals surface area (Å²) in [6.07, 6.45) is -0.235. The van der Waals surface area contributed by atoms with Crippen molar-refractivity contribution < 1.29 is 34.0 Å². The van der Waals surface area contributed by atoms with Gasteiger partial charge in [0.2, 0.25) is 20.4 Å². The van der Waals surface area contributed by atoms with Crippen LogP contribution < -0.4 is 21.9 Å². The molecule has 0 aromatic heterocycles. The van der Waals surface area contributed by atoms with Gasteiger partial charge < -0.3 is 26.6 Å². The molecule has 0 heterocycles. The highest BCUT2D eigenvalue weighted by Crippen LogP contribution is 1.97. The quantitative estimate of drug-likeness (QED) is 0.176. The van der Waals surface area contributed by atoms with Gasteiger partial charge in [-0.25, -0.2) is 0 Å². The molecule has 0 rings (SSSR count). The zero-order valence-electron chi connectivity index (χ0n) is 12.0. The third-order valence-corrected chi connectivity index (χ3v) is 2.61. The summed E-state index contributed by atoms with van der Waals surface area (Å²) in [6, 6.07) is -2.15. The molecule has 0 aliphatic rings. The predicted octanol–water partition coefficient (Wildman–Crippen LogP) is -2.05. The van der Waals surface area contributed by atoms with E-state index >= 15 is 0 Å². The molecule has 0 radical (unpaired) electrons. The van der Waals surface area contributed by atoms with Crippen LogP contribution in [-0.4, -0.2) is 58.3 Å². The van der Waals surface area contributed by atoms with Gasteiger partial charge in [-0.15, -0.1) is 0 Å². The lowest BCUT2D eigenvalue weighted by molar-refractivity contribution is -0.139. The molecule has 13 heteroatoms. The summed E-state index contributed by atoms with van der Waals surface area (Å²) in [7, 11) is -0.333. The molecular formula is C10H19N4O7PS. The van der Waals surface area contributed by atoms with Crippen molar-refractivity contribution in [1.82, 2.24) is 10.6 Å². The monoisotopic (exact) mass is 370 g/mol. The number of carbonyl (C=O) groups excluding carboxylic acids is 2. The molecule has 0 aromatic carbocycles. The van der Waals surface area contributed by atoms with Crippen LogP contribution >= 0.6 is 21.2 Å². The van der Waals surface area contributed by atoms with E-state index in [-0.39, 0.29) is 27.2 Å². The third-order valence-electron chi connectivity index (χ3n) is 2.25.